The van der Waals surface area contributed by atoms with Crippen molar-refractivity contribution in [3.05, 3.63) is 35.1 Å². The molecule has 94 valence electrons. The Bertz CT molecular complexity index is 581. The number of nitrogens with one attached hydrogen (secondary N) is 1. The molecule has 7 heteroatoms. The fourth-order valence-corrected chi connectivity index (χ4v) is 1.64. The van der Waals surface area contributed by atoms with Crippen molar-refractivity contribution in [2.45, 2.75) is 13.5 Å². The van der Waals surface area contributed by atoms with Crippen molar-refractivity contribution in [2.75, 3.05) is 11.1 Å². The van der Waals surface area contributed by atoms with E-state index in [-0.39, 0.29) is 18.4 Å². The molecule has 1 heterocycles. The standard InChI is InChI=1S/C11H12ClN5O/c1-7-8(12)3-2-4-9(7)15-10(18)5-17-6-14-11(13)16-17/h2-4,6H,5H2,1H3,(H2,13,16)(H,15,18). The molecule has 2 rings (SSSR count). The lowest BCUT2D eigenvalue weighted by atomic mass is 10.2. The van der Waals surface area contributed by atoms with Gasteiger partial charge in [-0.05, 0) is 24.6 Å². The largest absolute Gasteiger partial charge is 0.367 e. The first-order chi connectivity index (χ1) is 8.56. The topological polar surface area (TPSA) is 85.8 Å². The molecule has 1 aromatic carbocycles. The summed E-state index contributed by atoms with van der Waals surface area (Å²) >= 11 is 5.97. The Labute approximate surface area is 109 Å². The minimum atomic E-state index is -0.217. The average Bonchev–Trinajstić information content (AvgIpc) is 2.70. The third kappa shape index (κ3) is 2.78. The number of nitrogens with zero attached hydrogens (tertiary/aromatic N) is 3. The number of halogens is 1. The number of nitrogen functional groups attached to an aromatic ring is 1. The van der Waals surface area contributed by atoms with Crippen molar-refractivity contribution in [1.82, 2.24) is 14.8 Å². The van der Waals surface area contributed by atoms with E-state index >= 15 is 0 Å². The molecule has 2 aromatic rings. The van der Waals surface area contributed by atoms with Crippen LogP contribution in [-0.2, 0) is 11.3 Å². The van der Waals surface area contributed by atoms with Crippen LogP contribution in [0.4, 0.5) is 11.6 Å². The molecule has 0 atom stereocenters. The maximum absolute atomic E-state index is 11.8. The third-order valence-corrected chi connectivity index (χ3v) is 2.81. The van der Waals surface area contributed by atoms with Crippen LogP contribution < -0.4 is 11.1 Å². The van der Waals surface area contributed by atoms with Gasteiger partial charge in [0.25, 0.3) is 0 Å². The second-order valence-electron chi connectivity index (χ2n) is 3.76. The molecule has 1 aromatic heterocycles. The second-order valence-corrected chi connectivity index (χ2v) is 4.17. The molecule has 0 saturated heterocycles. The summed E-state index contributed by atoms with van der Waals surface area (Å²) in [6.45, 7) is 1.89. The van der Waals surface area contributed by atoms with Gasteiger partial charge >= 0.3 is 0 Å². The van der Waals surface area contributed by atoms with E-state index in [0.29, 0.717) is 10.7 Å². The van der Waals surface area contributed by atoms with Crippen LogP contribution in [-0.4, -0.2) is 20.7 Å². The molecular weight excluding hydrogens is 254 g/mol. The van der Waals surface area contributed by atoms with E-state index in [4.69, 9.17) is 17.3 Å². The van der Waals surface area contributed by atoms with Crippen LogP contribution in [0.5, 0.6) is 0 Å². The third-order valence-electron chi connectivity index (χ3n) is 2.40. The maximum atomic E-state index is 11.8. The number of hydrogen-bond acceptors (Lipinski definition) is 4. The van der Waals surface area contributed by atoms with Crippen LogP contribution in [0, 0.1) is 6.92 Å². The number of rotatable bonds is 3. The smallest absolute Gasteiger partial charge is 0.246 e. The molecule has 1 amide bonds. The van der Waals surface area contributed by atoms with Crippen LogP contribution in [0.25, 0.3) is 0 Å². The SMILES string of the molecule is Cc1c(Cl)cccc1NC(=O)Cn1cnc(N)n1. The van der Waals surface area contributed by atoms with Crippen molar-refractivity contribution in [3.63, 3.8) is 0 Å². The molecule has 0 aliphatic rings. The number of aromatic nitrogens is 3. The Kier molecular flexibility index (Phi) is 3.47. The number of hydrogen-bond donors (Lipinski definition) is 2. The molecule has 0 radical (unpaired) electrons. The highest BCUT2D eigenvalue weighted by Crippen LogP contribution is 2.22. The van der Waals surface area contributed by atoms with Gasteiger partial charge < -0.3 is 11.1 Å². The Morgan fingerprint density at radius 2 is 2.33 bits per heavy atom. The molecule has 0 unspecified atom stereocenters. The fourth-order valence-electron chi connectivity index (χ4n) is 1.46. The van der Waals surface area contributed by atoms with Gasteiger partial charge in [-0.2, -0.15) is 0 Å². The molecule has 0 aliphatic heterocycles. The number of benzene rings is 1. The van der Waals surface area contributed by atoms with Gasteiger partial charge in [0.2, 0.25) is 11.9 Å². The van der Waals surface area contributed by atoms with E-state index in [1.807, 2.05) is 6.92 Å². The summed E-state index contributed by atoms with van der Waals surface area (Å²) in [7, 11) is 0. The fraction of sp³-hybridized carbons (Fsp3) is 0.182. The van der Waals surface area contributed by atoms with Gasteiger partial charge in [-0.25, -0.2) is 9.67 Å². The van der Waals surface area contributed by atoms with Crippen molar-refractivity contribution < 1.29 is 4.79 Å². The van der Waals surface area contributed by atoms with Crippen molar-refractivity contribution >= 4 is 29.1 Å². The van der Waals surface area contributed by atoms with E-state index in [9.17, 15) is 4.79 Å². The van der Waals surface area contributed by atoms with Crippen LogP contribution in [0.3, 0.4) is 0 Å². The predicted octanol–water partition coefficient (Wildman–Crippen LogP) is 1.46. The zero-order valence-electron chi connectivity index (χ0n) is 9.72. The molecule has 0 fully saturated rings. The molecule has 0 saturated carbocycles. The highest BCUT2D eigenvalue weighted by Gasteiger charge is 2.08. The summed E-state index contributed by atoms with van der Waals surface area (Å²) in [4.78, 5) is 15.5. The van der Waals surface area contributed by atoms with E-state index in [1.54, 1.807) is 18.2 Å². The number of nitrogens with two attached hydrogens (primary N) is 1. The van der Waals surface area contributed by atoms with E-state index in [2.05, 4.69) is 15.4 Å². The number of amides is 1. The Morgan fingerprint density at radius 1 is 1.56 bits per heavy atom. The molecule has 6 nitrogen and oxygen atoms in total. The molecule has 3 N–H and O–H groups in total. The molecule has 18 heavy (non-hydrogen) atoms. The maximum Gasteiger partial charge on any atom is 0.246 e. The lowest BCUT2D eigenvalue weighted by molar-refractivity contribution is -0.116. The Morgan fingerprint density at radius 3 is 3.00 bits per heavy atom. The Hall–Kier alpha value is -2.08. The normalized spacial score (nSPS) is 10.3. The minimum Gasteiger partial charge on any atom is -0.367 e. The van der Waals surface area contributed by atoms with Crippen LogP contribution in [0.15, 0.2) is 24.5 Å². The molecule has 0 aliphatic carbocycles. The van der Waals surface area contributed by atoms with Crippen LogP contribution in [0.2, 0.25) is 5.02 Å². The summed E-state index contributed by atoms with van der Waals surface area (Å²) in [6.07, 6.45) is 1.40. The van der Waals surface area contributed by atoms with Gasteiger partial charge in [0, 0.05) is 10.7 Å². The van der Waals surface area contributed by atoms with E-state index in [0.717, 1.165) is 5.56 Å². The lowest BCUT2D eigenvalue weighted by Crippen LogP contribution is -2.19. The van der Waals surface area contributed by atoms with Crippen molar-refractivity contribution in [1.29, 1.82) is 0 Å². The Balaban J connectivity index is 2.05. The second kappa shape index (κ2) is 5.05. The van der Waals surface area contributed by atoms with Crippen LogP contribution in [0.1, 0.15) is 5.56 Å². The first kappa shape index (κ1) is 12.4. The summed E-state index contributed by atoms with van der Waals surface area (Å²) in [5.74, 6) is -0.0768. The van der Waals surface area contributed by atoms with Crippen LogP contribution >= 0.6 is 11.6 Å². The zero-order chi connectivity index (χ0) is 13.1. The summed E-state index contributed by atoms with van der Waals surface area (Å²) in [6, 6.07) is 5.33. The summed E-state index contributed by atoms with van der Waals surface area (Å²) < 4.78 is 1.37. The number of carbonyl (C=O) groups is 1. The molecule has 0 spiro atoms. The van der Waals surface area contributed by atoms with E-state index in [1.165, 1.54) is 11.0 Å². The average molecular weight is 266 g/mol. The van der Waals surface area contributed by atoms with Gasteiger partial charge in [0.1, 0.15) is 12.9 Å². The monoisotopic (exact) mass is 265 g/mol. The van der Waals surface area contributed by atoms with Crippen molar-refractivity contribution in [2.24, 2.45) is 0 Å². The molecule has 0 bridgehead atoms. The quantitative estimate of drug-likeness (QED) is 0.880. The minimum absolute atomic E-state index is 0.0517. The first-order valence-corrected chi connectivity index (χ1v) is 5.64. The number of anilines is 2. The van der Waals surface area contributed by atoms with Crippen molar-refractivity contribution in [3.8, 4) is 0 Å². The zero-order valence-corrected chi connectivity index (χ0v) is 10.5. The summed E-state index contributed by atoms with van der Waals surface area (Å²) in [5.41, 5.74) is 6.86. The first-order valence-electron chi connectivity index (χ1n) is 5.26. The van der Waals surface area contributed by atoms with Gasteiger partial charge in [-0.1, -0.05) is 17.7 Å². The van der Waals surface area contributed by atoms with Gasteiger partial charge in [0.15, 0.2) is 0 Å². The molecular formula is C11H12ClN5O. The highest BCUT2D eigenvalue weighted by atomic mass is 35.5. The van der Waals surface area contributed by atoms with Gasteiger partial charge in [0.05, 0.1) is 0 Å². The lowest BCUT2D eigenvalue weighted by Gasteiger charge is -2.09. The highest BCUT2D eigenvalue weighted by molar-refractivity contribution is 6.31. The van der Waals surface area contributed by atoms with Gasteiger partial charge in [-0.15, -0.1) is 5.10 Å². The summed E-state index contributed by atoms with van der Waals surface area (Å²) in [5, 5.41) is 7.19. The van der Waals surface area contributed by atoms with E-state index < -0.39 is 0 Å². The number of carbonyl (C=O) groups excluding carboxylic acids is 1. The van der Waals surface area contributed by atoms with Gasteiger partial charge in [-0.3, -0.25) is 4.79 Å². The predicted molar refractivity (Wildman–Crippen MR) is 69.3 cm³/mol.